The fourth-order valence-corrected chi connectivity index (χ4v) is 2.12. The quantitative estimate of drug-likeness (QED) is 0.848. The maximum atomic E-state index is 12.6. The molecule has 0 unspecified atom stereocenters. The highest BCUT2D eigenvalue weighted by molar-refractivity contribution is 9.10. The van der Waals surface area contributed by atoms with Gasteiger partial charge in [-0.15, -0.1) is 0 Å². The number of hydrogen-bond acceptors (Lipinski definition) is 2. The summed E-state index contributed by atoms with van der Waals surface area (Å²) in [5.41, 5.74) is 5.42. The molecule has 0 atom stereocenters. The van der Waals surface area contributed by atoms with E-state index in [1.807, 2.05) is 0 Å². The lowest BCUT2D eigenvalue weighted by Crippen LogP contribution is -2.22. The normalized spacial score (nSPS) is 11.6. The van der Waals surface area contributed by atoms with Crippen molar-refractivity contribution in [3.8, 4) is 0 Å². The molecule has 0 bridgehead atoms. The minimum atomic E-state index is -4.48. The largest absolute Gasteiger partial charge is 0.417 e. The van der Waals surface area contributed by atoms with Gasteiger partial charge in [0.25, 0.3) is 5.56 Å². The SMILES string of the molecule is Nc1cccc(Cn2cc(C(F)(F)F)ccc2=O)c1Br. The number of rotatable bonds is 2. The van der Waals surface area contributed by atoms with Crippen LogP contribution in [0.1, 0.15) is 11.1 Å². The van der Waals surface area contributed by atoms with Gasteiger partial charge >= 0.3 is 6.18 Å². The van der Waals surface area contributed by atoms with Crippen LogP contribution in [-0.2, 0) is 12.7 Å². The molecule has 0 radical (unpaired) electrons. The molecule has 2 rings (SSSR count). The molecule has 0 saturated heterocycles. The van der Waals surface area contributed by atoms with E-state index in [1.54, 1.807) is 18.2 Å². The van der Waals surface area contributed by atoms with Gasteiger partial charge in [-0.05, 0) is 33.6 Å². The molecule has 0 aliphatic heterocycles. The smallest absolute Gasteiger partial charge is 0.398 e. The van der Waals surface area contributed by atoms with E-state index in [1.165, 1.54) is 0 Å². The number of pyridine rings is 1. The number of anilines is 1. The Bertz CT molecular complexity index is 695. The van der Waals surface area contributed by atoms with Crippen LogP contribution in [0.4, 0.5) is 18.9 Å². The molecule has 7 heteroatoms. The first-order valence-corrected chi connectivity index (χ1v) is 6.39. The van der Waals surface area contributed by atoms with Crippen LogP contribution in [0.3, 0.4) is 0 Å². The molecule has 0 fully saturated rings. The molecule has 0 spiro atoms. The van der Waals surface area contributed by atoms with E-state index in [4.69, 9.17) is 5.73 Å². The number of nitrogens with two attached hydrogens (primary N) is 1. The van der Waals surface area contributed by atoms with Crippen LogP contribution in [-0.4, -0.2) is 4.57 Å². The maximum Gasteiger partial charge on any atom is 0.417 e. The van der Waals surface area contributed by atoms with Crippen molar-refractivity contribution in [3.63, 3.8) is 0 Å². The Morgan fingerprint density at radius 3 is 2.55 bits per heavy atom. The van der Waals surface area contributed by atoms with E-state index >= 15 is 0 Å². The number of nitrogen functional groups attached to an aromatic ring is 1. The molecule has 2 N–H and O–H groups in total. The van der Waals surface area contributed by atoms with E-state index in [-0.39, 0.29) is 6.54 Å². The Kier molecular flexibility index (Phi) is 3.89. The van der Waals surface area contributed by atoms with Crippen LogP contribution >= 0.6 is 15.9 Å². The third-order valence-electron chi connectivity index (χ3n) is 2.76. The van der Waals surface area contributed by atoms with Crippen molar-refractivity contribution in [2.45, 2.75) is 12.7 Å². The van der Waals surface area contributed by atoms with E-state index in [2.05, 4.69) is 15.9 Å². The highest BCUT2D eigenvalue weighted by Crippen LogP contribution is 2.29. The molecule has 3 nitrogen and oxygen atoms in total. The Balaban J connectivity index is 2.43. The molecule has 2 aromatic rings. The van der Waals surface area contributed by atoms with Gasteiger partial charge in [0.05, 0.1) is 12.1 Å². The van der Waals surface area contributed by atoms with E-state index < -0.39 is 17.3 Å². The van der Waals surface area contributed by atoms with Crippen LogP contribution < -0.4 is 11.3 Å². The molecule has 20 heavy (non-hydrogen) atoms. The van der Waals surface area contributed by atoms with Crippen molar-refractivity contribution in [2.24, 2.45) is 0 Å². The summed E-state index contributed by atoms with van der Waals surface area (Å²) in [6, 6.07) is 6.69. The van der Waals surface area contributed by atoms with Crippen molar-refractivity contribution in [2.75, 3.05) is 5.73 Å². The van der Waals surface area contributed by atoms with Crippen molar-refractivity contribution in [3.05, 3.63) is 62.5 Å². The molecule has 0 amide bonds. The first-order chi connectivity index (χ1) is 9.29. The van der Waals surface area contributed by atoms with Crippen LogP contribution in [0.5, 0.6) is 0 Å². The molecular weight excluding hydrogens is 337 g/mol. The average Bonchev–Trinajstić information content (AvgIpc) is 2.36. The summed E-state index contributed by atoms with van der Waals surface area (Å²) in [4.78, 5) is 11.6. The Hall–Kier alpha value is -1.76. The number of hydrogen-bond donors (Lipinski definition) is 1. The highest BCUT2D eigenvalue weighted by atomic mass is 79.9. The molecule has 1 heterocycles. The fourth-order valence-electron chi connectivity index (χ4n) is 1.73. The second kappa shape index (κ2) is 5.32. The van der Waals surface area contributed by atoms with Crippen molar-refractivity contribution in [1.82, 2.24) is 4.57 Å². The topological polar surface area (TPSA) is 48.0 Å². The first-order valence-electron chi connectivity index (χ1n) is 5.59. The summed E-state index contributed by atoms with van der Waals surface area (Å²) in [7, 11) is 0. The molecule has 106 valence electrons. The predicted octanol–water partition coefficient (Wildman–Crippen LogP) is 3.26. The van der Waals surface area contributed by atoms with Gasteiger partial charge in [0.15, 0.2) is 0 Å². The fraction of sp³-hybridized carbons (Fsp3) is 0.154. The monoisotopic (exact) mass is 346 g/mol. The molecule has 1 aromatic heterocycles. The third-order valence-corrected chi connectivity index (χ3v) is 3.73. The summed E-state index contributed by atoms with van der Waals surface area (Å²) in [5, 5.41) is 0. The van der Waals surface area contributed by atoms with Crippen LogP contribution in [0, 0.1) is 0 Å². The summed E-state index contributed by atoms with van der Waals surface area (Å²) in [6.07, 6.45) is -3.68. The van der Waals surface area contributed by atoms with E-state index in [0.717, 1.165) is 22.9 Å². The number of alkyl halides is 3. The molecule has 0 aliphatic carbocycles. The standard InChI is InChI=1S/C13H10BrF3N2O/c14-12-8(2-1-3-10(12)18)6-19-7-9(13(15,16)17)4-5-11(19)20/h1-5,7H,6,18H2. The van der Waals surface area contributed by atoms with Crippen LogP contribution in [0.25, 0.3) is 0 Å². The van der Waals surface area contributed by atoms with E-state index in [0.29, 0.717) is 15.7 Å². The summed E-state index contributed by atoms with van der Waals surface area (Å²) in [6.45, 7) is 0.00831. The third kappa shape index (κ3) is 3.04. The summed E-state index contributed by atoms with van der Waals surface area (Å²) in [5.74, 6) is 0. The Morgan fingerprint density at radius 1 is 1.20 bits per heavy atom. The second-order valence-electron chi connectivity index (χ2n) is 4.20. The lowest BCUT2D eigenvalue weighted by atomic mass is 10.2. The number of nitrogens with zero attached hydrogens (tertiary/aromatic N) is 1. The zero-order valence-corrected chi connectivity index (χ0v) is 11.7. The van der Waals surface area contributed by atoms with Gasteiger partial charge in [-0.3, -0.25) is 4.79 Å². The highest BCUT2D eigenvalue weighted by Gasteiger charge is 2.31. The summed E-state index contributed by atoms with van der Waals surface area (Å²) >= 11 is 3.26. The second-order valence-corrected chi connectivity index (χ2v) is 5.00. The Labute approximate surface area is 121 Å². The molecule has 0 saturated carbocycles. The van der Waals surface area contributed by atoms with Gasteiger partial charge in [-0.25, -0.2) is 0 Å². The minimum Gasteiger partial charge on any atom is -0.398 e. The van der Waals surface area contributed by atoms with Gasteiger partial charge in [0, 0.05) is 22.4 Å². The molecule has 1 aromatic carbocycles. The first kappa shape index (κ1) is 14.6. The number of halogens is 4. The Morgan fingerprint density at radius 2 is 1.90 bits per heavy atom. The lowest BCUT2D eigenvalue weighted by Gasteiger charge is -2.12. The van der Waals surface area contributed by atoms with Crippen LogP contribution in [0.2, 0.25) is 0 Å². The molecular formula is C13H10BrF3N2O. The number of aromatic nitrogens is 1. The number of benzene rings is 1. The van der Waals surface area contributed by atoms with Gasteiger partial charge in [-0.1, -0.05) is 12.1 Å². The molecule has 0 aliphatic rings. The van der Waals surface area contributed by atoms with E-state index in [9.17, 15) is 18.0 Å². The van der Waals surface area contributed by atoms with Gasteiger partial charge < -0.3 is 10.3 Å². The van der Waals surface area contributed by atoms with Crippen LogP contribution in [0.15, 0.2) is 45.8 Å². The van der Waals surface area contributed by atoms with Gasteiger partial charge in [-0.2, -0.15) is 13.2 Å². The maximum absolute atomic E-state index is 12.6. The average molecular weight is 347 g/mol. The van der Waals surface area contributed by atoms with Gasteiger partial charge in [0.1, 0.15) is 0 Å². The zero-order chi connectivity index (χ0) is 14.9. The van der Waals surface area contributed by atoms with Crippen molar-refractivity contribution >= 4 is 21.6 Å². The van der Waals surface area contributed by atoms with Crippen molar-refractivity contribution < 1.29 is 13.2 Å². The minimum absolute atomic E-state index is 0.00831. The summed E-state index contributed by atoms with van der Waals surface area (Å²) < 4.78 is 39.5. The zero-order valence-electron chi connectivity index (χ0n) is 10.1. The van der Waals surface area contributed by atoms with Gasteiger partial charge in [0.2, 0.25) is 0 Å². The van der Waals surface area contributed by atoms with Crippen molar-refractivity contribution in [1.29, 1.82) is 0 Å². The lowest BCUT2D eigenvalue weighted by molar-refractivity contribution is -0.138. The predicted molar refractivity (Wildman–Crippen MR) is 73.4 cm³/mol.